The highest BCUT2D eigenvalue weighted by atomic mass is 79.9. The lowest BCUT2D eigenvalue weighted by molar-refractivity contribution is 0.0755. The fourth-order valence-corrected chi connectivity index (χ4v) is 1.73. The van der Waals surface area contributed by atoms with Crippen molar-refractivity contribution in [1.82, 2.24) is 0 Å². The second kappa shape index (κ2) is 3.68. The lowest BCUT2D eigenvalue weighted by Gasteiger charge is -2.21. The summed E-state index contributed by atoms with van der Waals surface area (Å²) in [6.45, 7) is 3.47. The first-order valence-electron chi connectivity index (χ1n) is 4.02. The Morgan fingerprint density at radius 2 is 2.00 bits per heavy atom. The maximum absolute atomic E-state index is 9.82. The van der Waals surface area contributed by atoms with Gasteiger partial charge in [-0.15, -0.1) is 0 Å². The van der Waals surface area contributed by atoms with Crippen LogP contribution in [-0.4, -0.2) is 12.2 Å². The van der Waals surface area contributed by atoms with Gasteiger partial charge in [-0.25, -0.2) is 0 Å². The molecule has 0 unspecified atom stereocenters. The molecule has 0 amide bonds. The van der Waals surface area contributed by atoms with Crippen molar-refractivity contribution >= 4 is 15.9 Å². The third-order valence-electron chi connectivity index (χ3n) is 1.83. The van der Waals surface area contributed by atoms with Crippen LogP contribution in [0, 0.1) is 0 Å². The maximum Gasteiger partial charge on any atom is 0.139 e. The van der Waals surface area contributed by atoms with E-state index in [1.807, 2.05) is 18.2 Å². The van der Waals surface area contributed by atoms with E-state index in [9.17, 15) is 5.11 Å². The molecule has 1 rings (SSSR count). The largest absolute Gasteiger partial charge is 0.495 e. The van der Waals surface area contributed by atoms with Gasteiger partial charge in [-0.2, -0.15) is 0 Å². The zero-order valence-corrected chi connectivity index (χ0v) is 9.55. The van der Waals surface area contributed by atoms with Gasteiger partial charge in [0, 0.05) is 5.56 Å². The van der Waals surface area contributed by atoms with Crippen LogP contribution in [0.1, 0.15) is 19.4 Å². The summed E-state index contributed by atoms with van der Waals surface area (Å²) in [5, 5.41) is 9.82. The molecule has 72 valence electrons. The predicted molar refractivity (Wildman–Crippen MR) is 55.9 cm³/mol. The minimum atomic E-state index is -0.880. The lowest BCUT2D eigenvalue weighted by Crippen LogP contribution is -2.16. The zero-order valence-electron chi connectivity index (χ0n) is 7.97. The maximum atomic E-state index is 9.82. The summed E-state index contributed by atoms with van der Waals surface area (Å²) >= 11 is 3.36. The Hall–Kier alpha value is -0.540. The number of halogens is 1. The molecule has 0 radical (unpaired) electrons. The van der Waals surface area contributed by atoms with Crippen molar-refractivity contribution in [2.24, 2.45) is 0 Å². The second-order valence-electron chi connectivity index (χ2n) is 3.38. The molecule has 1 aromatic rings. The molecule has 0 saturated carbocycles. The van der Waals surface area contributed by atoms with E-state index in [1.54, 1.807) is 21.0 Å². The van der Waals surface area contributed by atoms with E-state index >= 15 is 0 Å². The minimum Gasteiger partial charge on any atom is -0.495 e. The van der Waals surface area contributed by atoms with Crippen LogP contribution in [0.25, 0.3) is 0 Å². The number of ether oxygens (including phenoxy) is 1. The van der Waals surface area contributed by atoms with Crippen molar-refractivity contribution < 1.29 is 9.84 Å². The lowest BCUT2D eigenvalue weighted by atomic mass is 9.97. The molecule has 1 aromatic carbocycles. The number of para-hydroxylation sites is 1. The summed E-state index contributed by atoms with van der Waals surface area (Å²) in [7, 11) is 1.59. The Morgan fingerprint density at radius 3 is 2.38 bits per heavy atom. The SMILES string of the molecule is COc1c(Br)cccc1C(C)(C)O. The molecule has 2 nitrogen and oxygen atoms in total. The number of hydrogen-bond acceptors (Lipinski definition) is 2. The van der Waals surface area contributed by atoms with Crippen molar-refractivity contribution in [3.8, 4) is 5.75 Å². The summed E-state index contributed by atoms with van der Waals surface area (Å²) in [4.78, 5) is 0. The van der Waals surface area contributed by atoms with Gasteiger partial charge < -0.3 is 9.84 Å². The molecule has 13 heavy (non-hydrogen) atoms. The van der Waals surface area contributed by atoms with E-state index in [0.717, 1.165) is 10.0 Å². The van der Waals surface area contributed by atoms with E-state index in [1.165, 1.54) is 0 Å². The Labute approximate surface area is 86.7 Å². The summed E-state index contributed by atoms with van der Waals surface area (Å²) in [5.74, 6) is 0.690. The Kier molecular flexibility index (Phi) is 2.98. The Morgan fingerprint density at radius 1 is 1.38 bits per heavy atom. The average Bonchev–Trinajstić information content (AvgIpc) is 2.02. The fourth-order valence-electron chi connectivity index (χ4n) is 1.20. The zero-order chi connectivity index (χ0) is 10.1. The third-order valence-corrected chi connectivity index (χ3v) is 2.45. The molecule has 3 heteroatoms. The van der Waals surface area contributed by atoms with Crippen LogP contribution in [0.15, 0.2) is 22.7 Å². The van der Waals surface area contributed by atoms with Gasteiger partial charge in [-0.1, -0.05) is 12.1 Å². The van der Waals surface area contributed by atoms with Crippen LogP contribution < -0.4 is 4.74 Å². The van der Waals surface area contributed by atoms with Crippen LogP contribution >= 0.6 is 15.9 Å². The second-order valence-corrected chi connectivity index (χ2v) is 4.23. The van der Waals surface area contributed by atoms with E-state index in [0.29, 0.717) is 5.75 Å². The van der Waals surface area contributed by atoms with Gasteiger partial charge in [-0.05, 0) is 35.8 Å². The fraction of sp³-hybridized carbons (Fsp3) is 0.400. The molecule has 0 bridgehead atoms. The molecule has 0 fully saturated rings. The van der Waals surface area contributed by atoms with Crippen LogP contribution in [0.5, 0.6) is 5.75 Å². The van der Waals surface area contributed by atoms with Crippen molar-refractivity contribution in [3.63, 3.8) is 0 Å². The number of aliphatic hydroxyl groups is 1. The van der Waals surface area contributed by atoms with Crippen LogP contribution in [0.4, 0.5) is 0 Å². The molecule has 0 aliphatic rings. The van der Waals surface area contributed by atoms with Gasteiger partial charge >= 0.3 is 0 Å². The molecule has 1 N–H and O–H groups in total. The molecule has 0 aromatic heterocycles. The standard InChI is InChI=1S/C10H13BrO2/c1-10(2,12)7-5-4-6-8(11)9(7)13-3/h4-6,12H,1-3H3. The van der Waals surface area contributed by atoms with Gasteiger partial charge in [-0.3, -0.25) is 0 Å². The number of benzene rings is 1. The highest BCUT2D eigenvalue weighted by Crippen LogP contribution is 2.35. The summed E-state index contributed by atoms with van der Waals surface area (Å²) < 4.78 is 6.05. The number of hydrogen-bond donors (Lipinski definition) is 1. The van der Waals surface area contributed by atoms with Gasteiger partial charge in [0.1, 0.15) is 5.75 Å². The third kappa shape index (κ3) is 2.23. The Bertz CT molecular complexity index is 302. The van der Waals surface area contributed by atoms with Crippen LogP contribution in [-0.2, 0) is 5.60 Å². The predicted octanol–water partition coefficient (Wildman–Crippen LogP) is 2.69. The van der Waals surface area contributed by atoms with Gasteiger partial charge in [0.2, 0.25) is 0 Å². The Balaban J connectivity index is 3.29. The van der Waals surface area contributed by atoms with E-state index in [2.05, 4.69) is 15.9 Å². The minimum absolute atomic E-state index is 0.690. The normalized spacial score (nSPS) is 11.5. The summed E-state index contributed by atoms with van der Waals surface area (Å²) in [6, 6.07) is 5.61. The molecule has 0 aliphatic carbocycles. The molecule has 0 atom stereocenters. The van der Waals surface area contributed by atoms with Crippen molar-refractivity contribution in [2.75, 3.05) is 7.11 Å². The van der Waals surface area contributed by atoms with Gasteiger partial charge in [0.25, 0.3) is 0 Å². The molecule has 0 heterocycles. The average molecular weight is 245 g/mol. The van der Waals surface area contributed by atoms with Gasteiger partial charge in [0.15, 0.2) is 0 Å². The number of rotatable bonds is 2. The van der Waals surface area contributed by atoms with E-state index in [-0.39, 0.29) is 0 Å². The van der Waals surface area contributed by atoms with Gasteiger partial charge in [0.05, 0.1) is 17.2 Å². The number of methoxy groups -OCH3 is 1. The topological polar surface area (TPSA) is 29.5 Å². The van der Waals surface area contributed by atoms with Crippen molar-refractivity contribution in [1.29, 1.82) is 0 Å². The summed E-state index contributed by atoms with van der Waals surface area (Å²) in [6.07, 6.45) is 0. The molecular weight excluding hydrogens is 232 g/mol. The van der Waals surface area contributed by atoms with Crippen LogP contribution in [0.3, 0.4) is 0 Å². The van der Waals surface area contributed by atoms with Crippen LogP contribution in [0.2, 0.25) is 0 Å². The quantitative estimate of drug-likeness (QED) is 0.867. The van der Waals surface area contributed by atoms with Crippen molar-refractivity contribution in [2.45, 2.75) is 19.4 Å². The molecular formula is C10H13BrO2. The summed E-state index contributed by atoms with van der Waals surface area (Å²) in [5.41, 5.74) is -0.0980. The first-order chi connectivity index (χ1) is 5.96. The molecule has 0 saturated heterocycles. The van der Waals surface area contributed by atoms with E-state index in [4.69, 9.17) is 4.74 Å². The first kappa shape index (κ1) is 10.5. The van der Waals surface area contributed by atoms with E-state index < -0.39 is 5.60 Å². The molecule has 0 spiro atoms. The highest BCUT2D eigenvalue weighted by Gasteiger charge is 2.21. The first-order valence-corrected chi connectivity index (χ1v) is 4.81. The highest BCUT2D eigenvalue weighted by molar-refractivity contribution is 9.10. The monoisotopic (exact) mass is 244 g/mol. The smallest absolute Gasteiger partial charge is 0.139 e. The molecule has 0 aliphatic heterocycles. The van der Waals surface area contributed by atoms with Crippen molar-refractivity contribution in [3.05, 3.63) is 28.2 Å².